The van der Waals surface area contributed by atoms with E-state index < -0.39 is 0 Å². The van der Waals surface area contributed by atoms with Gasteiger partial charge in [0, 0.05) is 29.6 Å². The molecule has 0 amide bonds. The number of halogens is 1. The van der Waals surface area contributed by atoms with E-state index in [2.05, 4.69) is 9.97 Å². The molecule has 7 nitrogen and oxygen atoms in total. The number of ether oxygens (including phenoxy) is 2. The zero-order valence-corrected chi connectivity index (χ0v) is 21.1. The van der Waals surface area contributed by atoms with E-state index in [0.717, 1.165) is 33.4 Å². The number of hydrogen-bond donors (Lipinski definition) is 0. The first kappa shape index (κ1) is 24.9. The second kappa shape index (κ2) is 11.1. The minimum Gasteiger partial charge on any atom is -0.488 e. The molecule has 5 aromatic rings. The SMILES string of the molecule is Cc1c(COc2cc(OCc3cncc(C#N)c3)c(C=O)cc2Cl)cccc1-c1cnc2ccccc2n1. The molecule has 0 saturated carbocycles. The van der Waals surface area contributed by atoms with Gasteiger partial charge in [-0.25, -0.2) is 4.98 Å². The van der Waals surface area contributed by atoms with Crippen LogP contribution < -0.4 is 9.47 Å². The standard InChI is InChI=1S/C30H21ClN4O3/c1-19-22(5-4-6-24(19)28-15-34-26-7-2-3-8-27(26)35-28)18-38-30-11-29(23(16-36)10-25(30)31)37-17-21-9-20(12-32)13-33-14-21/h2-11,13-16H,17-18H2,1H3. The largest absolute Gasteiger partial charge is 0.488 e. The quantitative estimate of drug-likeness (QED) is 0.215. The lowest BCUT2D eigenvalue weighted by atomic mass is 10.0. The number of hydrogen-bond acceptors (Lipinski definition) is 7. The molecule has 0 aliphatic heterocycles. The highest BCUT2D eigenvalue weighted by Gasteiger charge is 2.14. The highest BCUT2D eigenvalue weighted by molar-refractivity contribution is 6.32. The number of carbonyl (C=O) groups is 1. The van der Waals surface area contributed by atoms with Crippen LogP contribution in [0.3, 0.4) is 0 Å². The van der Waals surface area contributed by atoms with Gasteiger partial charge >= 0.3 is 0 Å². The second-order valence-electron chi connectivity index (χ2n) is 8.54. The Morgan fingerprint density at radius 3 is 2.58 bits per heavy atom. The Kier molecular flexibility index (Phi) is 7.25. The van der Waals surface area contributed by atoms with Crippen LogP contribution in [0.15, 0.2) is 79.3 Å². The average Bonchev–Trinajstić information content (AvgIpc) is 2.96. The van der Waals surface area contributed by atoms with Gasteiger partial charge < -0.3 is 9.47 Å². The number of para-hydroxylation sites is 2. The number of nitrogens with zero attached hydrogens (tertiary/aromatic N) is 4. The second-order valence-corrected chi connectivity index (χ2v) is 8.95. The number of nitriles is 1. The van der Waals surface area contributed by atoms with Gasteiger partial charge in [0.25, 0.3) is 0 Å². The molecule has 186 valence electrons. The molecule has 2 heterocycles. The van der Waals surface area contributed by atoms with E-state index in [1.54, 1.807) is 24.5 Å². The first-order valence-corrected chi connectivity index (χ1v) is 12.1. The molecule has 0 bridgehead atoms. The van der Waals surface area contributed by atoms with Crippen LogP contribution in [0.2, 0.25) is 5.02 Å². The first-order valence-electron chi connectivity index (χ1n) is 11.7. The number of aromatic nitrogens is 3. The Bertz CT molecular complexity index is 1700. The third kappa shape index (κ3) is 5.31. The maximum atomic E-state index is 11.6. The molecule has 2 aromatic heterocycles. The van der Waals surface area contributed by atoms with Crippen LogP contribution in [-0.4, -0.2) is 21.2 Å². The Morgan fingerprint density at radius 2 is 1.76 bits per heavy atom. The number of benzene rings is 3. The lowest BCUT2D eigenvalue weighted by Crippen LogP contribution is -2.03. The van der Waals surface area contributed by atoms with Gasteiger partial charge in [0.2, 0.25) is 0 Å². The number of carbonyl (C=O) groups excluding carboxylic acids is 1. The molecular weight excluding hydrogens is 500 g/mol. The van der Waals surface area contributed by atoms with Gasteiger partial charge in [0.1, 0.15) is 30.8 Å². The summed E-state index contributed by atoms with van der Waals surface area (Å²) >= 11 is 6.42. The smallest absolute Gasteiger partial charge is 0.153 e. The van der Waals surface area contributed by atoms with E-state index in [4.69, 9.17) is 31.3 Å². The minimum absolute atomic E-state index is 0.123. The van der Waals surface area contributed by atoms with Crippen LogP contribution in [-0.2, 0) is 13.2 Å². The van der Waals surface area contributed by atoms with Crippen LogP contribution in [0.1, 0.15) is 32.6 Å². The lowest BCUT2D eigenvalue weighted by Gasteiger charge is -2.15. The van der Waals surface area contributed by atoms with E-state index in [9.17, 15) is 4.79 Å². The van der Waals surface area contributed by atoms with Crippen molar-refractivity contribution in [3.8, 4) is 28.8 Å². The molecule has 38 heavy (non-hydrogen) atoms. The summed E-state index contributed by atoms with van der Waals surface area (Å²) in [5.74, 6) is 0.699. The van der Waals surface area contributed by atoms with Crippen molar-refractivity contribution in [2.75, 3.05) is 0 Å². The fourth-order valence-corrected chi connectivity index (χ4v) is 4.25. The van der Waals surface area contributed by atoms with Crippen molar-refractivity contribution >= 4 is 28.9 Å². The van der Waals surface area contributed by atoms with Crippen molar-refractivity contribution in [2.45, 2.75) is 20.1 Å². The predicted octanol–water partition coefficient (Wildman–Crippen LogP) is 6.50. The Balaban J connectivity index is 1.36. The van der Waals surface area contributed by atoms with Crippen LogP contribution in [0.25, 0.3) is 22.3 Å². The molecular formula is C30H21ClN4O3. The third-order valence-electron chi connectivity index (χ3n) is 6.06. The number of rotatable bonds is 8. The van der Waals surface area contributed by atoms with E-state index in [1.165, 1.54) is 12.3 Å². The van der Waals surface area contributed by atoms with Gasteiger partial charge in [-0.2, -0.15) is 5.26 Å². The van der Waals surface area contributed by atoms with Crippen molar-refractivity contribution in [2.24, 2.45) is 0 Å². The van der Waals surface area contributed by atoms with Gasteiger partial charge in [-0.3, -0.25) is 14.8 Å². The average molecular weight is 521 g/mol. The van der Waals surface area contributed by atoms with Crippen LogP contribution in [0.5, 0.6) is 11.5 Å². The van der Waals surface area contributed by atoms with E-state index in [1.807, 2.05) is 55.5 Å². The summed E-state index contributed by atoms with van der Waals surface area (Å²) in [6.45, 7) is 2.38. The Hall–Kier alpha value is -4.80. The summed E-state index contributed by atoms with van der Waals surface area (Å²) in [5, 5.41) is 9.37. The molecule has 8 heteroatoms. The maximum Gasteiger partial charge on any atom is 0.153 e. The Labute approximate surface area is 224 Å². The number of fused-ring (bicyclic) bond motifs is 1. The summed E-state index contributed by atoms with van der Waals surface area (Å²) < 4.78 is 11.9. The normalized spacial score (nSPS) is 10.7. The van der Waals surface area contributed by atoms with Crippen molar-refractivity contribution in [3.05, 3.63) is 112 Å². The fraction of sp³-hybridized carbons (Fsp3) is 0.100. The summed E-state index contributed by atoms with van der Waals surface area (Å²) in [5.41, 5.74) is 6.79. The van der Waals surface area contributed by atoms with Crippen molar-refractivity contribution in [1.29, 1.82) is 5.26 Å². The van der Waals surface area contributed by atoms with Crippen molar-refractivity contribution in [3.63, 3.8) is 0 Å². The fourth-order valence-electron chi connectivity index (χ4n) is 4.03. The van der Waals surface area contributed by atoms with E-state index in [-0.39, 0.29) is 13.2 Å². The van der Waals surface area contributed by atoms with Gasteiger partial charge in [0.05, 0.1) is 39.1 Å². The summed E-state index contributed by atoms with van der Waals surface area (Å²) in [6, 6.07) is 20.5. The van der Waals surface area contributed by atoms with Crippen molar-refractivity contribution in [1.82, 2.24) is 15.0 Å². The summed E-state index contributed by atoms with van der Waals surface area (Å²) in [6.07, 6.45) is 5.52. The zero-order chi connectivity index (χ0) is 26.5. The highest BCUT2D eigenvalue weighted by Crippen LogP contribution is 2.34. The van der Waals surface area contributed by atoms with Crippen LogP contribution in [0, 0.1) is 18.3 Å². The van der Waals surface area contributed by atoms with Crippen LogP contribution in [0.4, 0.5) is 0 Å². The minimum atomic E-state index is 0.123. The van der Waals surface area contributed by atoms with Crippen LogP contribution >= 0.6 is 11.6 Å². The molecule has 0 fully saturated rings. The zero-order valence-electron chi connectivity index (χ0n) is 20.4. The molecule has 0 N–H and O–H groups in total. The number of pyridine rings is 1. The van der Waals surface area contributed by atoms with E-state index >= 15 is 0 Å². The molecule has 0 radical (unpaired) electrons. The van der Waals surface area contributed by atoms with Crippen molar-refractivity contribution < 1.29 is 14.3 Å². The third-order valence-corrected chi connectivity index (χ3v) is 6.36. The highest BCUT2D eigenvalue weighted by atomic mass is 35.5. The van der Waals surface area contributed by atoms with Gasteiger partial charge in [0.15, 0.2) is 6.29 Å². The van der Waals surface area contributed by atoms with Gasteiger partial charge in [-0.15, -0.1) is 0 Å². The maximum absolute atomic E-state index is 11.6. The van der Waals surface area contributed by atoms with Gasteiger partial charge in [-0.1, -0.05) is 41.9 Å². The lowest BCUT2D eigenvalue weighted by molar-refractivity contribution is 0.111. The molecule has 0 saturated heterocycles. The molecule has 0 aliphatic carbocycles. The molecule has 0 atom stereocenters. The molecule has 0 aliphatic rings. The molecule has 5 rings (SSSR count). The summed E-state index contributed by atoms with van der Waals surface area (Å²) in [4.78, 5) is 25.0. The Morgan fingerprint density at radius 1 is 0.947 bits per heavy atom. The summed E-state index contributed by atoms with van der Waals surface area (Å²) in [7, 11) is 0. The predicted molar refractivity (Wildman–Crippen MR) is 144 cm³/mol. The molecule has 3 aromatic carbocycles. The first-order chi connectivity index (χ1) is 18.6. The molecule has 0 unspecified atom stereocenters. The monoisotopic (exact) mass is 520 g/mol. The number of aldehydes is 1. The van der Waals surface area contributed by atoms with Gasteiger partial charge in [-0.05, 0) is 42.3 Å². The van der Waals surface area contributed by atoms with E-state index in [0.29, 0.717) is 39.5 Å². The molecule has 0 spiro atoms. The topological polar surface area (TPSA) is 98.0 Å².